The number of nitrogens with one attached hydrogen (secondary N) is 1. The second kappa shape index (κ2) is 8.52. The van der Waals surface area contributed by atoms with Crippen molar-refractivity contribution in [3.63, 3.8) is 0 Å². The summed E-state index contributed by atoms with van der Waals surface area (Å²) in [7, 11) is 1.64. The molecule has 1 aliphatic rings. The number of amides is 2. The van der Waals surface area contributed by atoms with Gasteiger partial charge in [0.15, 0.2) is 0 Å². The van der Waals surface area contributed by atoms with Crippen molar-refractivity contribution in [3.8, 4) is 5.75 Å². The van der Waals surface area contributed by atoms with Gasteiger partial charge >= 0.3 is 0 Å². The summed E-state index contributed by atoms with van der Waals surface area (Å²) in [5.74, 6) is 0.915. The van der Waals surface area contributed by atoms with Crippen LogP contribution in [-0.4, -0.2) is 36.9 Å². The van der Waals surface area contributed by atoms with Crippen LogP contribution in [0, 0.1) is 0 Å². The second-order valence-corrected chi connectivity index (χ2v) is 6.48. The summed E-state index contributed by atoms with van der Waals surface area (Å²) in [4.78, 5) is 26.0. The number of rotatable bonds is 7. The second-order valence-electron chi connectivity index (χ2n) is 6.48. The molecule has 1 N–H and O–H groups in total. The zero-order valence-corrected chi connectivity index (χ0v) is 15.0. The van der Waals surface area contributed by atoms with Crippen molar-refractivity contribution < 1.29 is 14.3 Å². The maximum absolute atomic E-state index is 12.4. The van der Waals surface area contributed by atoms with Gasteiger partial charge in [-0.15, -0.1) is 0 Å². The van der Waals surface area contributed by atoms with E-state index in [0.717, 1.165) is 36.3 Å². The van der Waals surface area contributed by atoms with Crippen molar-refractivity contribution in [3.05, 3.63) is 65.2 Å². The maximum atomic E-state index is 12.4. The minimum Gasteiger partial charge on any atom is -0.497 e. The van der Waals surface area contributed by atoms with Crippen LogP contribution >= 0.6 is 0 Å². The van der Waals surface area contributed by atoms with Gasteiger partial charge in [0.1, 0.15) is 5.75 Å². The Balaban J connectivity index is 1.54. The van der Waals surface area contributed by atoms with Gasteiger partial charge in [0.2, 0.25) is 5.91 Å². The molecule has 5 nitrogen and oxygen atoms in total. The van der Waals surface area contributed by atoms with E-state index < -0.39 is 0 Å². The van der Waals surface area contributed by atoms with Crippen molar-refractivity contribution in [2.24, 2.45) is 0 Å². The van der Waals surface area contributed by atoms with Crippen LogP contribution in [0.3, 0.4) is 0 Å². The first-order chi connectivity index (χ1) is 12.7. The molecule has 0 bridgehead atoms. The Hall–Kier alpha value is -2.82. The minimum atomic E-state index is -0.0949. The largest absolute Gasteiger partial charge is 0.497 e. The van der Waals surface area contributed by atoms with E-state index in [1.807, 2.05) is 47.4 Å². The predicted octanol–water partition coefficient (Wildman–Crippen LogP) is 2.79. The smallest absolute Gasteiger partial charge is 0.251 e. The summed E-state index contributed by atoms with van der Waals surface area (Å²) in [5, 5.41) is 2.95. The lowest BCUT2D eigenvalue weighted by Crippen LogP contribution is -2.26. The SMILES string of the molecule is COc1cccc(CCNC(=O)c2cccc(CN3CCCC3=O)c2)c1. The first-order valence-electron chi connectivity index (χ1n) is 8.93. The van der Waals surface area contributed by atoms with Gasteiger partial charge in [0, 0.05) is 31.6 Å². The van der Waals surface area contributed by atoms with Crippen molar-refractivity contribution >= 4 is 11.8 Å². The third-order valence-corrected chi connectivity index (χ3v) is 4.57. The van der Waals surface area contributed by atoms with Crippen LogP contribution in [0.2, 0.25) is 0 Å². The molecule has 0 saturated carbocycles. The van der Waals surface area contributed by atoms with Crippen molar-refractivity contribution in [1.29, 1.82) is 0 Å². The molecule has 0 spiro atoms. The molecule has 1 heterocycles. The summed E-state index contributed by atoms with van der Waals surface area (Å²) in [6.45, 7) is 1.93. The molecule has 1 saturated heterocycles. The molecule has 136 valence electrons. The summed E-state index contributed by atoms with van der Waals surface area (Å²) >= 11 is 0. The van der Waals surface area contributed by atoms with Crippen molar-refractivity contribution in [2.75, 3.05) is 20.2 Å². The highest BCUT2D eigenvalue weighted by Crippen LogP contribution is 2.15. The van der Waals surface area contributed by atoms with E-state index >= 15 is 0 Å². The van der Waals surface area contributed by atoms with Gasteiger partial charge in [-0.1, -0.05) is 24.3 Å². The highest BCUT2D eigenvalue weighted by Gasteiger charge is 2.20. The highest BCUT2D eigenvalue weighted by atomic mass is 16.5. The van der Waals surface area contributed by atoms with Gasteiger partial charge < -0.3 is 15.0 Å². The Kier molecular flexibility index (Phi) is 5.89. The lowest BCUT2D eigenvalue weighted by atomic mass is 10.1. The van der Waals surface area contributed by atoms with Gasteiger partial charge in [-0.05, 0) is 48.2 Å². The van der Waals surface area contributed by atoms with E-state index in [1.165, 1.54) is 0 Å². The van der Waals surface area contributed by atoms with E-state index in [0.29, 0.717) is 25.1 Å². The number of methoxy groups -OCH3 is 1. The van der Waals surface area contributed by atoms with Crippen LogP contribution in [0.4, 0.5) is 0 Å². The fourth-order valence-corrected chi connectivity index (χ4v) is 3.15. The Morgan fingerprint density at radius 1 is 1.15 bits per heavy atom. The third kappa shape index (κ3) is 4.63. The van der Waals surface area contributed by atoms with Crippen LogP contribution in [-0.2, 0) is 17.8 Å². The molecule has 2 amide bonds. The van der Waals surface area contributed by atoms with E-state index in [9.17, 15) is 9.59 Å². The fraction of sp³-hybridized carbons (Fsp3) is 0.333. The molecule has 0 aromatic heterocycles. The van der Waals surface area contributed by atoms with E-state index in [1.54, 1.807) is 13.2 Å². The quantitative estimate of drug-likeness (QED) is 0.834. The summed E-state index contributed by atoms with van der Waals surface area (Å²) in [6.07, 6.45) is 2.29. The number of likely N-dealkylation sites (tertiary alicyclic amines) is 1. The van der Waals surface area contributed by atoms with Gasteiger partial charge in [-0.2, -0.15) is 0 Å². The van der Waals surface area contributed by atoms with Gasteiger partial charge in [0.05, 0.1) is 7.11 Å². The standard InChI is InChI=1S/C21H24N2O3/c1-26-19-8-3-5-16(14-19)10-11-22-21(25)18-7-2-6-17(13-18)15-23-12-4-9-20(23)24/h2-3,5-8,13-14H,4,9-12,15H2,1H3,(H,22,25). The molecule has 1 fully saturated rings. The molecule has 3 rings (SSSR count). The van der Waals surface area contributed by atoms with Crippen LogP contribution < -0.4 is 10.1 Å². The van der Waals surface area contributed by atoms with E-state index in [-0.39, 0.29) is 11.8 Å². The van der Waals surface area contributed by atoms with E-state index in [4.69, 9.17) is 4.74 Å². The minimum absolute atomic E-state index is 0.0949. The summed E-state index contributed by atoms with van der Waals surface area (Å²) in [5.41, 5.74) is 2.73. The Morgan fingerprint density at radius 3 is 2.73 bits per heavy atom. The average Bonchev–Trinajstić information content (AvgIpc) is 3.06. The third-order valence-electron chi connectivity index (χ3n) is 4.57. The maximum Gasteiger partial charge on any atom is 0.251 e. The fourth-order valence-electron chi connectivity index (χ4n) is 3.15. The Labute approximate surface area is 154 Å². The van der Waals surface area contributed by atoms with Crippen LogP contribution in [0.5, 0.6) is 5.75 Å². The number of ether oxygens (including phenoxy) is 1. The summed E-state index contributed by atoms with van der Waals surface area (Å²) in [6, 6.07) is 15.3. The normalized spacial score (nSPS) is 13.7. The Morgan fingerprint density at radius 2 is 1.96 bits per heavy atom. The molecule has 0 aliphatic carbocycles. The van der Waals surface area contributed by atoms with Gasteiger partial charge in [-0.25, -0.2) is 0 Å². The monoisotopic (exact) mass is 352 g/mol. The molecular formula is C21H24N2O3. The molecule has 1 aliphatic heterocycles. The average molecular weight is 352 g/mol. The molecule has 0 atom stereocenters. The first-order valence-corrected chi connectivity index (χ1v) is 8.93. The predicted molar refractivity (Wildman–Crippen MR) is 100 cm³/mol. The lowest BCUT2D eigenvalue weighted by Gasteiger charge is -2.16. The highest BCUT2D eigenvalue weighted by molar-refractivity contribution is 5.94. The number of hydrogen-bond donors (Lipinski definition) is 1. The lowest BCUT2D eigenvalue weighted by molar-refractivity contribution is -0.128. The van der Waals surface area contributed by atoms with Crippen molar-refractivity contribution in [1.82, 2.24) is 10.2 Å². The number of hydrogen-bond acceptors (Lipinski definition) is 3. The van der Waals surface area contributed by atoms with Gasteiger partial charge in [-0.3, -0.25) is 9.59 Å². The number of carbonyl (C=O) groups excluding carboxylic acids is 2. The number of benzene rings is 2. The molecule has 0 unspecified atom stereocenters. The van der Waals surface area contributed by atoms with Gasteiger partial charge in [0.25, 0.3) is 5.91 Å². The molecule has 0 radical (unpaired) electrons. The van der Waals surface area contributed by atoms with Crippen LogP contribution in [0.1, 0.15) is 34.3 Å². The molecule has 2 aromatic carbocycles. The molecular weight excluding hydrogens is 328 g/mol. The molecule has 26 heavy (non-hydrogen) atoms. The topological polar surface area (TPSA) is 58.6 Å². The van der Waals surface area contributed by atoms with Crippen LogP contribution in [0.25, 0.3) is 0 Å². The first kappa shape index (κ1) is 18.0. The van der Waals surface area contributed by atoms with Crippen molar-refractivity contribution in [2.45, 2.75) is 25.8 Å². The molecule has 5 heteroatoms. The summed E-state index contributed by atoms with van der Waals surface area (Å²) < 4.78 is 5.21. The molecule has 2 aromatic rings. The zero-order chi connectivity index (χ0) is 18.4. The zero-order valence-electron chi connectivity index (χ0n) is 15.0. The number of carbonyl (C=O) groups is 2. The van der Waals surface area contributed by atoms with Crippen LogP contribution in [0.15, 0.2) is 48.5 Å². The number of nitrogens with zero attached hydrogens (tertiary/aromatic N) is 1. The Bertz CT molecular complexity index is 788. The van der Waals surface area contributed by atoms with E-state index in [2.05, 4.69) is 5.32 Å².